The molecule has 4 rings (SSSR count). The summed E-state index contributed by atoms with van der Waals surface area (Å²) < 4.78 is 1.99. The average Bonchev–Trinajstić information content (AvgIpc) is 3.05. The molecule has 5 nitrogen and oxygen atoms in total. The van der Waals surface area contributed by atoms with Gasteiger partial charge in [-0.25, -0.2) is 4.98 Å². The summed E-state index contributed by atoms with van der Waals surface area (Å²) in [4.78, 5) is 16.3. The largest absolute Gasteiger partial charge is 0.398 e. The molecule has 2 aromatic heterocycles. The highest BCUT2D eigenvalue weighted by Crippen LogP contribution is 2.35. The van der Waals surface area contributed by atoms with Crippen LogP contribution in [0.15, 0.2) is 36.7 Å². The second kappa shape index (κ2) is 4.09. The van der Waals surface area contributed by atoms with Gasteiger partial charge in [-0.2, -0.15) is 0 Å². The van der Waals surface area contributed by atoms with E-state index in [0.29, 0.717) is 17.8 Å². The molecule has 0 unspecified atom stereocenters. The van der Waals surface area contributed by atoms with Gasteiger partial charge in [0.1, 0.15) is 5.65 Å². The van der Waals surface area contributed by atoms with Crippen LogP contribution in [0.2, 0.25) is 0 Å². The SMILES string of the molecule is Cn1ccc2c(-c3ccc(N)c4c3CNC4=O)ccnc21. The predicted octanol–water partition coefficient (Wildman–Crippen LogP) is 2.07. The maximum absolute atomic E-state index is 11.9. The van der Waals surface area contributed by atoms with Gasteiger partial charge in [0.2, 0.25) is 0 Å². The summed E-state index contributed by atoms with van der Waals surface area (Å²) >= 11 is 0. The summed E-state index contributed by atoms with van der Waals surface area (Å²) in [6, 6.07) is 7.81. The summed E-state index contributed by atoms with van der Waals surface area (Å²) in [5, 5.41) is 3.92. The summed E-state index contributed by atoms with van der Waals surface area (Å²) in [7, 11) is 1.97. The van der Waals surface area contributed by atoms with Crippen molar-refractivity contribution >= 4 is 22.6 Å². The number of fused-ring (bicyclic) bond motifs is 2. The van der Waals surface area contributed by atoms with E-state index in [4.69, 9.17) is 5.73 Å². The molecule has 0 radical (unpaired) electrons. The molecule has 1 aliphatic heterocycles. The smallest absolute Gasteiger partial charge is 0.254 e. The number of hydrogen-bond acceptors (Lipinski definition) is 3. The third-order valence-corrected chi connectivity index (χ3v) is 4.06. The second-order valence-electron chi connectivity index (χ2n) is 5.26. The van der Waals surface area contributed by atoms with Crippen molar-refractivity contribution in [3.8, 4) is 11.1 Å². The molecule has 104 valence electrons. The average molecular weight is 278 g/mol. The number of nitrogen functional groups attached to an aromatic ring is 1. The van der Waals surface area contributed by atoms with Crippen LogP contribution in [0.1, 0.15) is 15.9 Å². The van der Waals surface area contributed by atoms with Gasteiger partial charge in [-0.1, -0.05) is 6.07 Å². The first-order valence-electron chi connectivity index (χ1n) is 6.77. The van der Waals surface area contributed by atoms with Gasteiger partial charge in [0.15, 0.2) is 0 Å². The van der Waals surface area contributed by atoms with E-state index in [2.05, 4.69) is 10.3 Å². The third kappa shape index (κ3) is 1.57. The van der Waals surface area contributed by atoms with Crippen LogP contribution in [0.25, 0.3) is 22.2 Å². The first kappa shape index (κ1) is 12.0. The van der Waals surface area contributed by atoms with E-state index in [-0.39, 0.29) is 5.91 Å². The van der Waals surface area contributed by atoms with E-state index in [0.717, 1.165) is 27.7 Å². The number of rotatable bonds is 1. The highest BCUT2D eigenvalue weighted by molar-refractivity contribution is 6.06. The molecule has 1 aromatic carbocycles. The molecule has 0 aliphatic carbocycles. The molecule has 0 spiro atoms. The fourth-order valence-electron chi connectivity index (χ4n) is 3.03. The van der Waals surface area contributed by atoms with Gasteiger partial charge < -0.3 is 15.6 Å². The molecule has 0 saturated carbocycles. The number of amides is 1. The molecule has 3 heterocycles. The predicted molar refractivity (Wildman–Crippen MR) is 81.7 cm³/mol. The molecular formula is C16H14N4O. The Balaban J connectivity index is 2.05. The fourth-order valence-corrected chi connectivity index (χ4v) is 3.03. The van der Waals surface area contributed by atoms with Gasteiger partial charge in [0, 0.05) is 37.1 Å². The van der Waals surface area contributed by atoms with E-state index >= 15 is 0 Å². The molecule has 1 aliphatic rings. The van der Waals surface area contributed by atoms with Gasteiger partial charge in [-0.05, 0) is 34.9 Å². The highest BCUT2D eigenvalue weighted by Gasteiger charge is 2.25. The number of nitrogens with one attached hydrogen (secondary N) is 1. The highest BCUT2D eigenvalue weighted by atomic mass is 16.1. The van der Waals surface area contributed by atoms with Crippen molar-refractivity contribution in [1.29, 1.82) is 0 Å². The lowest BCUT2D eigenvalue weighted by molar-refractivity contribution is 0.0966. The van der Waals surface area contributed by atoms with Crippen LogP contribution in [0, 0.1) is 0 Å². The summed E-state index contributed by atoms with van der Waals surface area (Å²) in [5.74, 6) is -0.0947. The van der Waals surface area contributed by atoms with Crippen molar-refractivity contribution in [2.24, 2.45) is 7.05 Å². The molecular weight excluding hydrogens is 264 g/mol. The number of pyridine rings is 1. The van der Waals surface area contributed by atoms with Crippen LogP contribution in [-0.4, -0.2) is 15.5 Å². The molecule has 21 heavy (non-hydrogen) atoms. The number of nitrogens with two attached hydrogens (primary N) is 1. The van der Waals surface area contributed by atoms with Crippen molar-refractivity contribution in [3.05, 3.63) is 47.8 Å². The van der Waals surface area contributed by atoms with Crippen LogP contribution in [0.3, 0.4) is 0 Å². The lowest BCUT2D eigenvalue weighted by Gasteiger charge is -2.10. The number of aryl methyl sites for hydroxylation is 1. The minimum atomic E-state index is -0.0947. The maximum atomic E-state index is 11.9. The lowest BCUT2D eigenvalue weighted by Crippen LogP contribution is -2.13. The van der Waals surface area contributed by atoms with Crippen molar-refractivity contribution in [1.82, 2.24) is 14.9 Å². The molecule has 0 saturated heterocycles. The Bertz CT molecular complexity index is 895. The van der Waals surface area contributed by atoms with Crippen LogP contribution >= 0.6 is 0 Å². The number of nitrogens with zero attached hydrogens (tertiary/aromatic N) is 2. The quantitative estimate of drug-likeness (QED) is 0.669. The second-order valence-corrected chi connectivity index (χ2v) is 5.26. The van der Waals surface area contributed by atoms with Gasteiger partial charge in [0.25, 0.3) is 5.91 Å². The van der Waals surface area contributed by atoms with Gasteiger partial charge in [-0.3, -0.25) is 4.79 Å². The first-order chi connectivity index (χ1) is 10.2. The van der Waals surface area contributed by atoms with E-state index in [1.807, 2.05) is 36.0 Å². The van der Waals surface area contributed by atoms with E-state index in [9.17, 15) is 4.79 Å². The topological polar surface area (TPSA) is 72.9 Å². The van der Waals surface area contributed by atoms with Crippen molar-refractivity contribution in [2.45, 2.75) is 6.54 Å². The molecule has 5 heteroatoms. The number of carbonyl (C=O) groups is 1. The zero-order valence-electron chi connectivity index (χ0n) is 11.6. The Morgan fingerprint density at radius 3 is 2.95 bits per heavy atom. The Morgan fingerprint density at radius 1 is 1.24 bits per heavy atom. The monoisotopic (exact) mass is 278 g/mol. The van der Waals surface area contributed by atoms with Crippen molar-refractivity contribution in [3.63, 3.8) is 0 Å². The Kier molecular flexibility index (Phi) is 2.33. The van der Waals surface area contributed by atoms with Gasteiger partial charge >= 0.3 is 0 Å². The zero-order valence-corrected chi connectivity index (χ0v) is 11.6. The number of hydrogen-bond donors (Lipinski definition) is 2. The minimum absolute atomic E-state index is 0.0947. The van der Waals surface area contributed by atoms with Crippen molar-refractivity contribution in [2.75, 3.05) is 5.73 Å². The summed E-state index contributed by atoms with van der Waals surface area (Å²) in [5.41, 5.74) is 11.1. The van der Waals surface area contributed by atoms with Crippen molar-refractivity contribution < 1.29 is 4.79 Å². The number of carbonyl (C=O) groups excluding carboxylic acids is 1. The van der Waals surface area contributed by atoms with Gasteiger partial charge in [-0.15, -0.1) is 0 Å². The standard InChI is InChI=1S/C16H14N4O/c1-20-7-5-11-10(4-6-18-15(11)20)9-2-3-13(17)14-12(9)8-19-16(14)21/h2-7H,8,17H2,1H3,(H,19,21). The third-order valence-electron chi connectivity index (χ3n) is 4.06. The van der Waals surface area contributed by atoms with Crippen LogP contribution in [0.5, 0.6) is 0 Å². The molecule has 0 fully saturated rings. The van der Waals surface area contributed by atoms with E-state index < -0.39 is 0 Å². The maximum Gasteiger partial charge on any atom is 0.254 e. The Labute approximate surface area is 121 Å². The first-order valence-corrected chi connectivity index (χ1v) is 6.77. The minimum Gasteiger partial charge on any atom is -0.398 e. The Hall–Kier alpha value is -2.82. The van der Waals surface area contributed by atoms with Crippen LogP contribution in [0.4, 0.5) is 5.69 Å². The van der Waals surface area contributed by atoms with Crippen LogP contribution < -0.4 is 11.1 Å². The fraction of sp³-hybridized carbons (Fsp3) is 0.125. The summed E-state index contributed by atoms with van der Waals surface area (Å²) in [6.45, 7) is 0.519. The van der Waals surface area contributed by atoms with E-state index in [1.54, 1.807) is 12.3 Å². The molecule has 0 atom stereocenters. The Morgan fingerprint density at radius 2 is 2.10 bits per heavy atom. The van der Waals surface area contributed by atoms with Gasteiger partial charge in [0.05, 0.1) is 5.56 Å². The number of benzene rings is 1. The molecule has 3 N–H and O–H groups in total. The zero-order chi connectivity index (χ0) is 14.6. The van der Waals surface area contributed by atoms with E-state index in [1.165, 1.54) is 0 Å². The molecule has 1 amide bonds. The molecule has 3 aromatic rings. The van der Waals surface area contributed by atoms with Crippen LogP contribution in [-0.2, 0) is 13.6 Å². The normalized spacial score (nSPS) is 13.5. The molecule has 0 bridgehead atoms. The summed E-state index contributed by atoms with van der Waals surface area (Å²) in [6.07, 6.45) is 3.78. The number of aromatic nitrogens is 2. The lowest BCUT2D eigenvalue weighted by atomic mass is 9.95. The number of anilines is 1.